The lowest BCUT2D eigenvalue weighted by atomic mass is 9.84. The zero-order chi connectivity index (χ0) is 26.0. The number of rotatable bonds is 7. The fourth-order valence-electron chi connectivity index (χ4n) is 5.84. The SMILES string of the molecule is O=C(c1ccc(O)cc1OCC(O)CN1CCC2(CC1)OCc1cc(Cl)ccc12)N1CCCC(CO)C1. The van der Waals surface area contributed by atoms with E-state index >= 15 is 0 Å². The van der Waals surface area contributed by atoms with Crippen molar-refractivity contribution in [3.8, 4) is 11.5 Å². The fraction of sp³-hybridized carbons (Fsp3) is 0.536. The maximum absolute atomic E-state index is 13.2. The largest absolute Gasteiger partial charge is 0.508 e. The van der Waals surface area contributed by atoms with E-state index in [2.05, 4.69) is 11.0 Å². The Labute approximate surface area is 222 Å². The van der Waals surface area contributed by atoms with E-state index in [1.54, 1.807) is 11.0 Å². The number of β-amino-alcohol motifs (C(OH)–C–C–N with tert-alkyl or cyclic N) is 1. The van der Waals surface area contributed by atoms with Crippen LogP contribution in [0.5, 0.6) is 11.5 Å². The number of piperidine rings is 2. The van der Waals surface area contributed by atoms with Crippen LogP contribution in [0.2, 0.25) is 5.02 Å². The molecule has 9 heteroatoms. The Morgan fingerprint density at radius 3 is 2.78 bits per heavy atom. The maximum Gasteiger partial charge on any atom is 0.257 e. The molecule has 0 bridgehead atoms. The van der Waals surface area contributed by atoms with Crippen LogP contribution < -0.4 is 4.74 Å². The third kappa shape index (κ3) is 5.73. The molecule has 2 atom stereocenters. The Kier molecular flexibility index (Phi) is 7.93. The summed E-state index contributed by atoms with van der Waals surface area (Å²) in [7, 11) is 0. The van der Waals surface area contributed by atoms with Crippen molar-refractivity contribution >= 4 is 17.5 Å². The van der Waals surface area contributed by atoms with Crippen LogP contribution >= 0.6 is 11.6 Å². The Morgan fingerprint density at radius 1 is 1.19 bits per heavy atom. The minimum Gasteiger partial charge on any atom is -0.508 e. The van der Waals surface area contributed by atoms with E-state index in [4.69, 9.17) is 21.1 Å². The number of fused-ring (bicyclic) bond motifs is 2. The normalized spacial score (nSPS) is 22.1. The van der Waals surface area contributed by atoms with Crippen molar-refractivity contribution in [3.63, 3.8) is 0 Å². The number of likely N-dealkylation sites (tertiary alicyclic amines) is 2. The molecule has 1 amide bonds. The van der Waals surface area contributed by atoms with Crippen molar-refractivity contribution in [2.24, 2.45) is 5.92 Å². The highest BCUT2D eigenvalue weighted by atomic mass is 35.5. The summed E-state index contributed by atoms with van der Waals surface area (Å²) < 4.78 is 12.1. The lowest BCUT2D eigenvalue weighted by Gasteiger charge is -2.39. The van der Waals surface area contributed by atoms with Gasteiger partial charge in [-0.05, 0) is 67.0 Å². The van der Waals surface area contributed by atoms with Gasteiger partial charge in [-0.2, -0.15) is 0 Å². The van der Waals surface area contributed by atoms with Gasteiger partial charge in [-0.1, -0.05) is 17.7 Å². The second-order valence-corrected chi connectivity index (χ2v) is 10.9. The molecule has 8 nitrogen and oxygen atoms in total. The van der Waals surface area contributed by atoms with E-state index in [0.29, 0.717) is 31.8 Å². The number of phenols is 1. The molecule has 200 valence electrons. The molecule has 2 unspecified atom stereocenters. The highest BCUT2D eigenvalue weighted by Crippen LogP contribution is 2.44. The van der Waals surface area contributed by atoms with Crippen molar-refractivity contribution in [2.45, 2.75) is 44.0 Å². The fourth-order valence-corrected chi connectivity index (χ4v) is 6.04. The lowest BCUT2D eigenvalue weighted by molar-refractivity contribution is -0.0835. The zero-order valence-corrected chi connectivity index (χ0v) is 21.7. The van der Waals surface area contributed by atoms with Crippen molar-refractivity contribution in [1.29, 1.82) is 0 Å². The van der Waals surface area contributed by atoms with Gasteiger partial charge >= 0.3 is 0 Å². The first kappa shape index (κ1) is 26.3. The van der Waals surface area contributed by atoms with Crippen molar-refractivity contribution in [1.82, 2.24) is 9.80 Å². The van der Waals surface area contributed by atoms with E-state index in [9.17, 15) is 20.1 Å². The number of aliphatic hydroxyl groups is 2. The van der Waals surface area contributed by atoms with Gasteiger partial charge in [0, 0.05) is 50.4 Å². The predicted octanol–water partition coefficient (Wildman–Crippen LogP) is 3.15. The van der Waals surface area contributed by atoms with E-state index in [1.807, 2.05) is 12.1 Å². The molecule has 37 heavy (non-hydrogen) atoms. The molecule has 0 radical (unpaired) electrons. The number of nitrogens with zero attached hydrogens (tertiary/aromatic N) is 2. The summed E-state index contributed by atoms with van der Waals surface area (Å²) in [5.41, 5.74) is 2.45. The number of hydrogen-bond acceptors (Lipinski definition) is 7. The number of carbonyl (C=O) groups excluding carboxylic acids is 1. The van der Waals surface area contributed by atoms with Gasteiger partial charge in [0.05, 0.1) is 17.8 Å². The average molecular weight is 531 g/mol. The Bertz CT molecular complexity index is 1120. The summed E-state index contributed by atoms with van der Waals surface area (Å²) >= 11 is 6.14. The average Bonchev–Trinajstić information content (AvgIpc) is 3.25. The van der Waals surface area contributed by atoms with Gasteiger partial charge in [-0.3, -0.25) is 4.79 Å². The van der Waals surface area contributed by atoms with Crippen molar-refractivity contribution in [3.05, 3.63) is 58.1 Å². The molecule has 5 rings (SSSR count). The van der Waals surface area contributed by atoms with Gasteiger partial charge < -0.3 is 34.6 Å². The minimum atomic E-state index is -0.760. The number of ether oxygens (including phenoxy) is 2. The first-order valence-corrected chi connectivity index (χ1v) is 13.4. The number of halogens is 1. The standard InChI is InChI=1S/C28H35ClN2O6/c29-21-3-6-25-20(12-21)17-37-28(25)7-10-30(11-8-28)15-23(34)18-36-26-13-22(33)4-5-24(26)27(35)31-9-1-2-19(14-31)16-32/h3-6,12-13,19,23,32-34H,1-2,7-11,14-18H2. The monoisotopic (exact) mass is 530 g/mol. The number of aromatic hydroxyl groups is 1. The molecule has 2 aromatic rings. The third-order valence-electron chi connectivity index (χ3n) is 7.89. The maximum atomic E-state index is 13.2. The second kappa shape index (κ2) is 11.2. The molecule has 3 aliphatic rings. The molecular weight excluding hydrogens is 496 g/mol. The van der Waals surface area contributed by atoms with Crippen molar-refractivity contribution in [2.75, 3.05) is 45.9 Å². The van der Waals surface area contributed by atoms with Crippen LogP contribution in [0, 0.1) is 5.92 Å². The van der Waals surface area contributed by atoms with Gasteiger partial charge in [-0.25, -0.2) is 0 Å². The number of carbonyl (C=O) groups is 1. The summed E-state index contributed by atoms with van der Waals surface area (Å²) in [4.78, 5) is 17.1. The van der Waals surface area contributed by atoms with E-state index in [1.165, 1.54) is 17.7 Å². The summed E-state index contributed by atoms with van der Waals surface area (Å²) in [6.45, 7) is 3.77. The zero-order valence-electron chi connectivity index (χ0n) is 20.9. The van der Waals surface area contributed by atoms with Crippen molar-refractivity contribution < 1.29 is 29.6 Å². The topological polar surface area (TPSA) is 103 Å². The summed E-state index contributed by atoms with van der Waals surface area (Å²) in [5.74, 6) is 0.127. The summed E-state index contributed by atoms with van der Waals surface area (Å²) in [5, 5.41) is 30.9. The van der Waals surface area contributed by atoms with Crippen LogP contribution in [0.15, 0.2) is 36.4 Å². The van der Waals surface area contributed by atoms with Gasteiger partial charge in [0.15, 0.2) is 0 Å². The molecule has 3 heterocycles. The van der Waals surface area contributed by atoms with E-state index in [0.717, 1.165) is 49.4 Å². The molecule has 3 N–H and O–H groups in total. The number of benzene rings is 2. The lowest BCUT2D eigenvalue weighted by Crippen LogP contribution is -2.46. The number of amides is 1. The number of hydrogen-bond donors (Lipinski definition) is 3. The molecule has 3 aliphatic heterocycles. The van der Waals surface area contributed by atoms with E-state index in [-0.39, 0.29) is 42.1 Å². The molecule has 2 saturated heterocycles. The molecular formula is C28H35ClN2O6. The van der Waals surface area contributed by atoms with Crippen LogP contribution in [0.4, 0.5) is 0 Å². The number of aliphatic hydroxyl groups excluding tert-OH is 2. The van der Waals surface area contributed by atoms with Gasteiger partial charge in [0.1, 0.15) is 24.2 Å². The third-order valence-corrected chi connectivity index (χ3v) is 8.12. The van der Waals surface area contributed by atoms with Crippen LogP contribution in [-0.2, 0) is 16.9 Å². The molecule has 0 aliphatic carbocycles. The Balaban J connectivity index is 1.16. The summed E-state index contributed by atoms with van der Waals surface area (Å²) in [6, 6.07) is 10.4. The Hall–Kier alpha value is -2.36. The summed E-state index contributed by atoms with van der Waals surface area (Å²) in [6.07, 6.45) is 2.65. The first-order chi connectivity index (χ1) is 17.9. The van der Waals surface area contributed by atoms with Crippen LogP contribution in [0.1, 0.15) is 47.2 Å². The molecule has 1 spiro atoms. The van der Waals surface area contributed by atoms with E-state index < -0.39 is 6.10 Å². The molecule has 2 aromatic carbocycles. The smallest absolute Gasteiger partial charge is 0.257 e. The molecule has 2 fully saturated rings. The quantitative estimate of drug-likeness (QED) is 0.505. The minimum absolute atomic E-state index is 0.00245. The second-order valence-electron chi connectivity index (χ2n) is 10.5. The van der Waals surface area contributed by atoms with Gasteiger partial charge in [-0.15, -0.1) is 0 Å². The molecule has 0 aromatic heterocycles. The van der Waals surface area contributed by atoms with Gasteiger partial charge in [0.2, 0.25) is 0 Å². The highest BCUT2D eigenvalue weighted by molar-refractivity contribution is 6.30. The van der Waals surface area contributed by atoms with Gasteiger partial charge in [0.25, 0.3) is 5.91 Å². The number of phenolic OH excluding ortho intramolecular Hbond substituents is 1. The highest BCUT2D eigenvalue weighted by Gasteiger charge is 2.42. The predicted molar refractivity (Wildman–Crippen MR) is 139 cm³/mol. The van der Waals surface area contributed by atoms with Crippen LogP contribution in [0.3, 0.4) is 0 Å². The molecule has 0 saturated carbocycles. The first-order valence-electron chi connectivity index (χ1n) is 13.1. The van der Waals surface area contributed by atoms with Crippen LogP contribution in [-0.4, -0.2) is 83.1 Å². The van der Waals surface area contributed by atoms with Crippen LogP contribution in [0.25, 0.3) is 0 Å². The Morgan fingerprint density at radius 2 is 2.00 bits per heavy atom.